The lowest BCUT2D eigenvalue weighted by atomic mass is 10.2. The molecule has 0 spiro atoms. The number of nitrogens with one attached hydrogen (secondary N) is 1. The molecule has 0 aliphatic rings. The number of amides is 1. The van der Waals surface area contributed by atoms with E-state index in [-0.39, 0.29) is 12.5 Å². The van der Waals surface area contributed by atoms with Crippen molar-refractivity contribution >= 4 is 5.91 Å². The fourth-order valence-electron chi connectivity index (χ4n) is 2.00. The molecule has 1 amide bonds. The molecule has 0 radical (unpaired) electrons. The van der Waals surface area contributed by atoms with Crippen molar-refractivity contribution in [3.05, 3.63) is 54.1 Å². The SMILES string of the molecule is COc1ccccc1OCC(=O)NCCOc1ccccc1C. The predicted molar refractivity (Wildman–Crippen MR) is 88.2 cm³/mol. The lowest BCUT2D eigenvalue weighted by Crippen LogP contribution is -2.32. The molecule has 2 rings (SSSR count). The summed E-state index contributed by atoms with van der Waals surface area (Å²) in [5.41, 5.74) is 1.07. The highest BCUT2D eigenvalue weighted by Gasteiger charge is 2.06. The van der Waals surface area contributed by atoms with E-state index in [2.05, 4.69) is 5.32 Å². The molecular formula is C18H21NO4. The monoisotopic (exact) mass is 315 g/mol. The number of rotatable bonds is 8. The molecule has 0 saturated carbocycles. The molecule has 0 fully saturated rings. The molecule has 0 bridgehead atoms. The number of carbonyl (C=O) groups is 1. The molecule has 122 valence electrons. The topological polar surface area (TPSA) is 56.8 Å². The first-order valence-electron chi connectivity index (χ1n) is 7.41. The van der Waals surface area contributed by atoms with Gasteiger partial charge in [0.2, 0.25) is 0 Å². The Morgan fingerprint density at radius 1 is 0.957 bits per heavy atom. The molecular weight excluding hydrogens is 294 g/mol. The highest BCUT2D eigenvalue weighted by atomic mass is 16.5. The van der Waals surface area contributed by atoms with E-state index in [1.54, 1.807) is 19.2 Å². The Bertz CT molecular complexity index is 642. The Balaban J connectivity index is 1.68. The van der Waals surface area contributed by atoms with E-state index >= 15 is 0 Å². The van der Waals surface area contributed by atoms with Crippen LogP contribution in [0.4, 0.5) is 0 Å². The van der Waals surface area contributed by atoms with Gasteiger partial charge in [-0.05, 0) is 30.7 Å². The smallest absolute Gasteiger partial charge is 0.258 e. The molecule has 0 aliphatic carbocycles. The van der Waals surface area contributed by atoms with E-state index in [1.165, 1.54) is 0 Å². The van der Waals surface area contributed by atoms with Gasteiger partial charge in [0, 0.05) is 0 Å². The summed E-state index contributed by atoms with van der Waals surface area (Å²) in [6.07, 6.45) is 0. The highest BCUT2D eigenvalue weighted by molar-refractivity contribution is 5.77. The molecule has 2 aromatic rings. The average Bonchev–Trinajstić information content (AvgIpc) is 2.58. The van der Waals surface area contributed by atoms with Gasteiger partial charge in [-0.25, -0.2) is 0 Å². The van der Waals surface area contributed by atoms with E-state index in [0.29, 0.717) is 24.7 Å². The van der Waals surface area contributed by atoms with Crippen LogP contribution in [0.2, 0.25) is 0 Å². The van der Waals surface area contributed by atoms with Crippen LogP contribution in [0.3, 0.4) is 0 Å². The summed E-state index contributed by atoms with van der Waals surface area (Å²) in [6, 6.07) is 15.0. The minimum Gasteiger partial charge on any atom is -0.493 e. The Hall–Kier alpha value is -2.69. The summed E-state index contributed by atoms with van der Waals surface area (Å²) in [5.74, 6) is 1.76. The third kappa shape index (κ3) is 5.21. The van der Waals surface area contributed by atoms with Crippen molar-refractivity contribution in [2.45, 2.75) is 6.92 Å². The van der Waals surface area contributed by atoms with Crippen LogP contribution >= 0.6 is 0 Å². The molecule has 0 unspecified atom stereocenters. The van der Waals surface area contributed by atoms with Crippen LogP contribution in [-0.4, -0.2) is 32.8 Å². The number of para-hydroxylation sites is 3. The van der Waals surface area contributed by atoms with Gasteiger partial charge in [-0.2, -0.15) is 0 Å². The summed E-state index contributed by atoms with van der Waals surface area (Å²) in [4.78, 5) is 11.8. The zero-order valence-electron chi connectivity index (χ0n) is 13.4. The predicted octanol–water partition coefficient (Wildman–Crippen LogP) is 2.58. The number of carbonyl (C=O) groups excluding carboxylic acids is 1. The Morgan fingerprint density at radius 3 is 2.30 bits per heavy atom. The minimum absolute atomic E-state index is 0.0647. The molecule has 0 saturated heterocycles. The molecule has 2 aromatic carbocycles. The first-order valence-corrected chi connectivity index (χ1v) is 7.41. The molecule has 5 nitrogen and oxygen atoms in total. The summed E-state index contributed by atoms with van der Waals surface area (Å²) in [7, 11) is 1.56. The molecule has 1 N–H and O–H groups in total. The molecule has 5 heteroatoms. The van der Waals surface area contributed by atoms with Crippen LogP contribution in [0.5, 0.6) is 17.2 Å². The fraction of sp³-hybridized carbons (Fsp3) is 0.278. The van der Waals surface area contributed by atoms with Gasteiger partial charge >= 0.3 is 0 Å². The van der Waals surface area contributed by atoms with Gasteiger partial charge < -0.3 is 19.5 Å². The van der Waals surface area contributed by atoms with Crippen molar-refractivity contribution < 1.29 is 19.0 Å². The number of benzene rings is 2. The van der Waals surface area contributed by atoms with Crippen molar-refractivity contribution in [2.75, 3.05) is 26.9 Å². The summed E-state index contributed by atoms with van der Waals surface area (Å²) in [6.45, 7) is 2.74. The van der Waals surface area contributed by atoms with Crippen molar-refractivity contribution in [2.24, 2.45) is 0 Å². The zero-order chi connectivity index (χ0) is 16.5. The molecule has 0 atom stereocenters. The van der Waals surface area contributed by atoms with Gasteiger partial charge in [0.05, 0.1) is 13.7 Å². The zero-order valence-corrected chi connectivity index (χ0v) is 13.4. The lowest BCUT2D eigenvalue weighted by Gasteiger charge is -2.11. The maximum absolute atomic E-state index is 11.8. The first-order chi connectivity index (χ1) is 11.2. The van der Waals surface area contributed by atoms with Gasteiger partial charge in [-0.15, -0.1) is 0 Å². The number of hydrogen-bond donors (Lipinski definition) is 1. The standard InChI is InChI=1S/C18H21NO4/c1-14-7-3-4-8-15(14)22-12-11-19-18(20)13-23-17-10-6-5-9-16(17)21-2/h3-10H,11-13H2,1-2H3,(H,19,20). The second-order valence-corrected chi connectivity index (χ2v) is 4.90. The van der Waals surface area contributed by atoms with Gasteiger partial charge in [0.1, 0.15) is 12.4 Å². The van der Waals surface area contributed by atoms with Crippen LogP contribution < -0.4 is 19.5 Å². The van der Waals surface area contributed by atoms with Crippen molar-refractivity contribution in [1.29, 1.82) is 0 Å². The molecule has 0 heterocycles. The number of ether oxygens (including phenoxy) is 3. The number of aryl methyl sites for hydroxylation is 1. The summed E-state index contributed by atoms with van der Waals surface area (Å²) in [5, 5.41) is 2.75. The second kappa shape index (κ2) is 8.68. The van der Waals surface area contributed by atoms with Crippen molar-refractivity contribution in [1.82, 2.24) is 5.32 Å². The Morgan fingerprint density at radius 2 is 1.61 bits per heavy atom. The molecule has 23 heavy (non-hydrogen) atoms. The normalized spacial score (nSPS) is 10.0. The van der Waals surface area contributed by atoms with Crippen molar-refractivity contribution in [3.8, 4) is 17.2 Å². The van der Waals surface area contributed by atoms with Crippen LogP contribution in [0, 0.1) is 6.92 Å². The Labute approximate surface area is 136 Å². The molecule has 0 aliphatic heterocycles. The maximum Gasteiger partial charge on any atom is 0.258 e. The summed E-state index contributed by atoms with van der Waals surface area (Å²) >= 11 is 0. The maximum atomic E-state index is 11.8. The van der Waals surface area contributed by atoms with E-state index in [4.69, 9.17) is 14.2 Å². The summed E-state index contributed by atoms with van der Waals surface area (Å²) < 4.78 is 16.2. The van der Waals surface area contributed by atoms with Crippen LogP contribution in [-0.2, 0) is 4.79 Å². The van der Waals surface area contributed by atoms with Gasteiger partial charge in [0.15, 0.2) is 18.1 Å². The highest BCUT2D eigenvalue weighted by Crippen LogP contribution is 2.25. The van der Waals surface area contributed by atoms with Gasteiger partial charge in [-0.3, -0.25) is 4.79 Å². The van der Waals surface area contributed by atoms with E-state index < -0.39 is 0 Å². The first kappa shape index (κ1) is 16.7. The van der Waals surface area contributed by atoms with Crippen molar-refractivity contribution in [3.63, 3.8) is 0 Å². The molecule has 0 aromatic heterocycles. The second-order valence-electron chi connectivity index (χ2n) is 4.90. The minimum atomic E-state index is -0.204. The van der Waals surface area contributed by atoms with Gasteiger partial charge in [0.25, 0.3) is 5.91 Å². The quantitative estimate of drug-likeness (QED) is 0.761. The number of methoxy groups -OCH3 is 1. The fourth-order valence-corrected chi connectivity index (χ4v) is 2.00. The third-order valence-electron chi connectivity index (χ3n) is 3.20. The van der Waals surface area contributed by atoms with Gasteiger partial charge in [-0.1, -0.05) is 30.3 Å². The van der Waals surface area contributed by atoms with E-state index in [1.807, 2.05) is 43.3 Å². The van der Waals surface area contributed by atoms with E-state index in [0.717, 1.165) is 11.3 Å². The lowest BCUT2D eigenvalue weighted by molar-refractivity contribution is -0.123. The number of hydrogen-bond acceptors (Lipinski definition) is 4. The van der Waals surface area contributed by atoms with Crippen LogP contribution in [0.25, 0.3) is 0 Å². The third-order valence-corrected chi connectivity index (χ3v) is 3.20. The van der Waals surface area contributed by atoms with Crippen LogP contribution in [0.1, 0.15) is 5.56 Å². The average molecular weight is 315 g/mol. The van der Waals surface area contributed by atoms with Crippen LogP contribution in [0.15, 0.2) is 48.5 Å². The largest absolute Gasteiger partial charge is 0.493 e. The Kier molecular flexibility index (Phi) is 6.29. The van der Waals surface area contributed by atoms with E-state index in [9.17, 15) is 4.79 Å².